The summed E-state index contributed by atoms with van der Waals surface area (Å²) in [5, 5.41) is 8.28. The molecule has 1 amide bonds. The van der Waals surface area contributed by atoms with E-state index in [1.807, 2.05) is 59.3 Å². The first kappa shape index (κ1) is 17.8. The highest BCUT2D eigenvalue weighted by atomic mass is 32.1. The predicted octanol–water partition coefficient (Wildman–Crippen LogP) is 4.82. The maximum absolute atomic E-state index is 13.2. The van der Waals surface area contributed by atoms with Crippen LogP contribution in [0.2, 0.25) is 0 Å². The summed E-state index contributed by atoms with van der Waals surface area (Å²) in [5.74, 6) is -0.159. The van der Waals surface area contributed by atoms with Crippen LogP contribution >= 0.6 is 22.7 Å². The number of pyridine rings is 2. The van der Waals surface area contributed by atoms with Crippen molar-refractivity contribution in [3.63, 3.8) is 0 Å². The molecule has 4 aromatic heterocycles. The number of nitrogens with zero attached hydrogens (tertiary/aromatic N) is 2. The maximum atomic E-state index is 13.2. The van der Waals surface area contributed by atoms with Crippen LogP contribution in [0, 0.1) is 0 Å². The van der Waals surface area contributed by atoms with Gasteiger partial charge < -0.3 is 5.32 Å². The van der Waals surface area contributed by atoms with Gasteiger partial charge in [-0.3, -0.25) is 14.0 Å². The summed E-state index contributed by atoms with van der Waals surface area (Å²) < 4.78 is 2.66. The van der Waals surface area contributed by atoms with E-state index in [9.17, 15) is 9.59 Å². The van der Waals surface area contributed by atoms with E-state index in [4.69, 9.17) is 0 Å². The Hall–Kier alpha value is -3.29. The Morgan fingerprint density at radius 1 is 1.07 bits per heavy atom. The smallest absolute Gasteiger partial charge is 0.263 e. The van der Waals surface area contributed by atoms with Crippen LogP contribution in [0.4, 0.5) is 5.13 Å². The number of aromatic nitrogens is 2. The number of benzene rings is 1. The van der Waals surface area contributed by atoms with E-state index in [-0.39, 0.29) is 17.9 Å². The summed E-state index contributed by atoms with van der Waals surface area (Å²) in [5.41, 5.74) is 2.92. The number of fused-ring (bicyclic) bond motifs is 3. The van der Waals surface area contributed by atoms with Gasteiger partial charge in [-0.15, -0.1) is 22.7 Å². The summed E-state index contributed by atoms with van der Waals surface area (Å²) in [7, 11) is 0. The van der Waals surface area contributed by atoms with E-state index in [1.165, 1.54) is 11.3 Å². The Balaban J connectivity index is 1.71. The summed E-state index contributed by atoms with van der Waals surface area (Å²) in [6, 6.07) is 15.4. The molecule has 0 atom stereocenters. The van der Waals surface area contributed by atoms with Gasteiger partial charge in [-0.05, 0) is 40.1 Å². The maximum Gasteiger partial charge on any atom is 0.263 e. The topological polar surface area (TPSA) is 63.5 Å². The van der Waals surface area contributed by atoms with Crippen LogP contribution in [-0.2, 0) is 11.2 Å². The molecule has 0 aliphatic heterocycles. The molecule has 0 spiro atoms. The SMILES string of the molecule is O=C(Cc1cc(-c2ccccc2)c(=O)n2ccc3ccsc3c12)Nc1nccs1. The van der Waals surface area contributed by atoms with E-state index < -0.39 is 0 Å². The van der Waals surface area contributed by atoms with Crippen molar-refractivity contribution in [2.45, 2.75) is 6.42 Å². The fourth-order valence-electron chi connectivity index (χ4n) is 3.47. The lowest BCUT2D eigenvalue weighted by atomic mass is 10.0. The fraction of sp³-hybridized carbons (Fsp3) is 0.0455. The van der Waals surface area contributed by atoms with Crippen LogP contribution in [0.5, 0.6) is 0 Å². The number of carbonyl (C=O) groups is 1. The molecule has 29 heavy (non-hydrogen) atoms. The molecule has 1 aromatic carbocycles. The van der Waals surface area contributed by atoms with Crippen LogP contribution in [0.1, 0.15) is 5.56 Å². The van der Waals surface area contributed by atoms with Crippen LogP contribution in [0.3, 0.4) is 0 Å². The number of anilines is 1. The van der Waals surface area contributed by atoms with Crippen molar-refractivity contribution in [3.8, 4) is 11.1 Å². The van der Waals surface area contributed by atoms with Gasteiger partial charge in [0.15, 0.2) is 5.13 Å². The lowest BCUT2D eigenvalue weighted by molar-refractivity contribution is -0.115. The Kier molecular flexibility index (Phi) is 4.46. The molecule has 0 saturated carbocycles. The number of carbonyl (C=O) groups excluding carboxylic acids is 1. The van der Waals surface area contributed by atoms with Gasteiger partial charge in [0.2, 0.25) is 5.91 Å². The van der Waals surface area contributed by atoms with Crippen molar-refractivity contribution in [3.05, 3.63) is 87.6 Å². The highest BCUT2D eigenvalue weighted by molar-refractivity contribution is 7.18. The average Bonchev–Trinajstić information content (AvgIpc) is 3.42. The number of thiophene rings is 1. The number of hydrogen-bond donors (Lipinski definition) is 1. The lowest BCUT2D eigenvalue weighted by Gasteiger charge is -2.12. The summed E-state index contributed by atoms with van der Waals surface area (Å²) >= 11 is 2.95. The molecule has 5 aromatic rings. The molecule has 5 rings (SSSR count). The highest BCUT2D eigenvalue weighted by Gasteiger charge is 2.17. The van der Waals surface area contributed by atoms with Crippen LogP contribution in [0.15, 0.2) is 76.5 Å². The molecule has 7 heteroatoms. The third-order valence-corrected chi connectivity index (χ3v) is 6.37. The van der Waals surface area contributed by atoms with Crippen molar-refractivity contribution in [2.75, 3.05) is 5.32 Å². The minimum atomic E-state index is -0.159. The molecular formula is C22H15N3O2S2. The van der Waals surface area contributed by atoms with E-state index in [0.29, 0.717) is 10.7 Å². The van der Waals surface area contributed by atoms with Gasteiger partial charge in [0.25, 0.3) is 5.56 Å². The third-order valence-electron chi connectivity index (χ3n) is 4.74. The number of rotatable bonds is 4. The van der Waals surface area contributed by atoms with E-state index in [1.54, 1.807) is 28.1 Å². The molecule has 0 aliphatic carbocycles. The molecule has 4 heterocycles. The summed E-state index contributed by atoms with van der Waals surface area (Å²) in [4.78, 5) is 30.1. The van der Waals surface area contributed by atoms with Crippen LogP contribution in [0.25, 0.3) is 26.7 Å². The Bertz CT molecular complexity index is 1390. The van der Waals surface area contributed by atoms with Gasteiger partial charge in [0.05, 0.1) is 16.6 Å². The molecule has 1 N–H and O–H groups in total. The van der Waals surface area contributed by atoms with Crippen LogP contribution in [-0.4, -0.2) is 15.3 Å². The van der Waals surface area contributed by atoms with Gasteiger partial charge in [0.1, 0.15) is 0 Å². The normalized spacial score (nSPS) is 11.2. The first-order valence-corrected chi connectivity index (χ1v) is 10.8. The fourth-order valence-corrected chi connectivity index (χ4v) is 4.98. The molecule has 0 aliphatic rings. The molecule has 0 radical (unpaired) electrons. The van der Waals surface area contributed by atoms with E-state index in [2.05, 4.69) is 10.3 Å². The van der Waals surface area contributed by atoms with Gasteiger partial charge in [0, 0.05) is 23.3 Å². The molecule has 142 valence electrons. The van der Waals surface area contributed by atoms with Gasteiger partial charge in [-0.2, -0.15) is 0 Å². The first-order valence-electron chi connectivity index (χ1n) is 9.00. The molecular weight excluding hydrogens is 402 g/mol. The second-order valence-electron chi connectivity index (χ2n) is 6.56. The van der Waals surface area contributed by atoms with Crippen molar-refractivity contribution in [1.29, 1.82) is 0 Å². The van der Waals surface area contributed by atoms with Crippen molar-refractivity contribution >= 4 is 49.3 Å². The Morgan fingerprint density at radius 3 is 2.72 bits per heavy atom. The zero-order valence-electron chi connectivity index (χ0n) is 15.2. The Labute approximate surface area is 173 Å². The van der Waals surface area contributed by atoms with Gasteiger partial charge >= 0.3 is 0 Å². The number of nitrogens with one attached hydrogen (secondary N) is 1. The van der Waals surface area contributed by atoms with E-state index >= 15 is 0 Å². The quantitative estimate of drug-likeness (QED) is 0.456. The van der Waals surface area contributed by atoms with E-state index in [0.717, 1.165) is 26.7 Å². The van der Waals surface area contributed by atoms with Gasteiger partial charge in [-0.25, -0.2) is 4.98 Å². The third kappa shape index (κ3) is 3.24. The van der Waals surface area contributed by atoms with Crippen LogP contribution < -0.4 is 10.9 Å². The lowest BCUT2D eigenvalue weighted by Crippen LogP contribution is -2.20. The predicted molar refractivity (Wildman–Crippen MR) is 119 cm³/mol. The molecule has 0 fully saturated rings. The average molecular weight is 418 g/mol. The molecule has 0 bridgehead atoms. The van der Waals surface area contributed by atoms with Crippen molar-refractivity contribution < 1.29 is 4.79 Å². The zero-order valence-corrected chi connectivity index (χ0v) is 16.8. The highest BCUT2D eigenvalue weighted by Crippen LogP contribution is 2.29. The minimum absolute atomic E-state index is 0.0921. The molecule has 5 nitrogen and oxygen atoms in total. The second kappa shape index (κ2) is 7.27. The summed E-state index contributed by atoms with van der Waals surface area (Å²) in [6.07, 6.45) is 3.60. The molecule has 0 unspecified atom stereocenters. The first-order chi connectivity index (χ1) is 14.2. The molecule has 0 saturated heterocycles. The Morgan fingerprint density at radius 2 is 1.93 bits per heavy atom. The summed E-state index contributed by atoms with van der Waals surface area (Å²) in [6.45, 7) is 0. The minimum Gasteiger partial charge on any atom is -0.302 e. The number of thiazole rings is 1. The van der Waals surface area contributed by atoms with Crippen molar-refractivity contribution in [1.82, 2.24) is 9.38 Å². The number of hydrogen-bond acceptors (Lipinski definition) is 5. The van der Waals surface area contributed by atoms with Crippen molar-refractivity contribution in [2.24, 2.45) is 0 Å². The number of amides is 1. The second-order valence-corrected chi connectivity index (χ2v) is 8.37. The van der Waals surface area contributed by atoms with Gasteiger partial charge in [-0.1, -0.05) is 30.3 Å². The zero-order chi connectivity index (χ0) is 19.8. The standard InChI is InChI=1S/C22H15N3O2S2/c26-18(24-22-23-8-11-29-22)13-16-12-17(14-4-2-1-3-5-14)21(27)25-9-6-15-7-10-28-20(15)19(16)25/h1-12H,13H2,(H,23,24,26). The monoisotopic (exact) mass is 417 g/mol. The largest absolute Gasteiger partial charge is 0.302 e.